The summed E-state index contributed by atoms with van der Waals surface area (Å²) in [4.78, 5) is 49.2. The first-order valence-electron chi connectivity index (χ1n) is 14.9. The highest BCUT2D eigenvalue weighted by molar-refractivity contribution is 5.96. The van der Waals surface area contributed by atoms with Crippen LogP contribution in [0.15, 0.2) is 24.3 Å². The second-order valence-corrected chi connectivity index (χ2v) is 13.4. The summed E-state index contributed by atoms with van der Waals surface area (Å²) in [5.74, 6) is 0.828. The van der Waals surface area contributed by atoms with Gasteiger partial charge in [-0.1, -0.05) is 0 Å². The standard InChI is InChI=1S/C31H41N7O6/c1-17-13-25(36-38(17)29(41)44-31(5,6)7)34-24-16-23-21(11-12-22(33-23)27(39)42-8)26(35-24)32-18-14-19-9-10-20(15-18)37(19)28(40)43-30(2,3)4/h11-13,16,18-20H,9-10,14-15H2,1-8H3,(H2,32,34,35,36)/t18-,19-,20+. The number of anilines is 3. The van der Waals surface area contributed by atoms with Crippen LogP contribution in [0.2, 0.25) is 0 Å². The van der Waals surface area contributed by atoms with Gasteiger partial charge in [-0.15, -0.1) is 5.10 Å². The van der Waals surface area contributed by atoms with Crippen LogP contribution in [-0.4, -0.2) is 79.2 Å². The van der Waals surface area contributed by atoms with Crippen LogP contribution in [0, 0.1) is 6.92 Å². The van der Waals surface area contributed by atoms with Gasteiger partial charge < -0.3 is 29.7 Å². The molecule has 236 valence electrons. The molecule has 44 heavy (non-hydrogen) atoms. The zero-order valence-corrected chi connectivity index (χ0v) is 26.6. The second kappa shape index (κ2) is 11.6. The Kier molecular flexibility index (Phi) is 8.17. The number of esters is 1. The Hall–Kier alpha value is -4.42. The van der Waals surface area contributed by atoms with Gasteiger partial charge in [-0.05, 0) is 86.3 Å². The van der Waals surface area contributed by atoms with Crippen molar-refractivity contribution < 1.29 is 28.6 Å². The summed E-state index contributed by atoms with van der Waals surface area (Å²) >= 11 is 0. The van der Waals surface area contributed by atoms with Crippen LogP contribution in [0.25, 0.3) is 10.9 Å². The van der Waals surface area contributed by atoms with Gasteiger partial charge in [0.2, 0.25) is 0 Å². The first-order chi connectivity index (χ1) is 20.6. The molecule has 2 aliphatic heterocycles. The molecule has 0 saturated carbocycles. The van der Waals surface area contributed by atoms with Gasteiger partial charge in [0.25, 0.3) is 0 Å². The number of nitrogens with one attached hydrogen (secondary N) is 2. The molecule has 0 aliphatic carbocycles. The minimum Gasteiger partial charge on any atom is -0.464 e. The van der Waals surface area contributed by atoms with E-state index in [-0.39, 0.29) is 29.9 Å². The van der Waals surface area contributed by atoms with Crippen molar-refractivity contribution in [3.05, 3.63) is 35.7 Å². The average Bonchev–Trinajstić information content (AvgIpc) is 3.41. The van der Waals surface area contributed by atoms with E-state index in [1.54, 1.807) is 52.0 Å². The summed E-state index contributed by atoms with van der Waals surface area (Å²) < 4.78 is 17.2. The van der Waals surface area contributed by atoms with E-state index >= 15 is 0 Å². The maximum Gasteiger partial charge on any atom is 0.435 e. The number of carbonyl (C=O) groups excluding carboxylic acids is 3. The van der Waals surface area contributed by atoms with E-state index in [1.165, 1.54) is 11.8 Å². The molecule has 2 N–H and O–H groups in total. The summed E-state index contributed by atoms with van der Waals surface area (Å²) in [6.45, 7) is 12.8. The van der Waals surface area contributed by atoms with Crippen molar-refractivity contribution in [2.24, 2.45) is 0 Å². The van der Waals surface area contributed by atoms with E-state index in [1.807, 2.05) is 25.7 Å². The molecular weight excluding hydrogens is 566 g/mol. The number of methoxy groups -OCH3 is 1. The third-order valence-corrected chi connectivity index (χ3v) is 7.47. The first-order valence-corrected chi connectivity index (χ1v) is 14.9. The molecule has 3 aromatic heterocycles. The molecule has 2 bridgehead atoms. The van der Waals surface area contributed by atoms with Crippen LogP contribution in [0.4, 0.5) is 27.0 Å². The van der Waals surface area contributed by atoms with Crippen LogP contribution in [0.3, 0.4) is 0 Å². The van der Waals surface area contributed by atoms with Crippen molar-refractivity contribution in [1.82, 2.24) is 24.6 Å². The van der Waals surface area contributed by atoms with E-state index in [4.69, 9.17) is 19.2 Å². The molecule has 5 rings (SSSR count). The van der Waals surface area contributed by atoms with Crippen LogP contribution >= 0.6 is 0 Å². The molecule has 3 atom stereocenters. The summed E-state index contributed by atoms with van der Waals surface area (Å²) in [5, 5.41) is 11.9. The lowest BCUT2D eigenvalue weighted by molar-refractivity contribution is 0.00678. The first kappa shape index (κ1) is 31.0. The Morgan fingerprint density at radius 3 is 2.14 bits per heavy atom. The predicted molar refractivity (Wildman–Crippen MR) is 164 cm³/mol. The normalized spacial score (nSPS) is 19.9. The topological polar surface area (TPSA) is 150 Å². The fraction of sp³-hybridized carbons (Fsp3) is 0.548. The monoisotopic (exact) mass is 607 g/mol. The lowest BCUT2D eigenvalue weighted by Crippen LogP contribution is -2.51. The SMILES string of the molecule is COC(=O)c1ccc2c(N[C@@H]3C[C@H]4CC[C@@H](C3)N4C(=O)OC(C)(C)C)nc(Nc3cc(C)n(C(=O)OC(C)(C)C)n3)cc2n1. The molecule has 5 heterocycles. The molecule has 13 heteroatoms. The number of ether oxygens (including phenoxy) is 3. The quantitative estimate of drug-likeness (QED) is 0.268. The van der Waals surface area contributed by atoms with E-state index in [0.29, 0.717) is 28.7 Å². The Morgan fingerprint density at radius 1 is 0.886 bits per heavy atom. The smallest absolute Gasteiger partial charge is 0.435 e. The summed E-state index contributed by atoms with van der Waals surface area (Å²) in [6.07, 6.45) is 2.46. The predicted octanol–water partition coefficient (Wildman–Crippen LogP) is 5.79. The van der Waals surface area contributed by atoms with Crippen molar-refractivity contribution in [3.8, 4) is 0 Å². The number of aromatic nitrogens is 4. The van der Waals surface area contributed by atoms with E-state index in [9.17, 15) is 14.4 Å². The van der Waals surface area contributed by atoms with Crippen molar-refractivity contribution >= 4 is 46.5 Å². The number of fused-ring (bicyclic) bond motifs is 3. The number of piperidine rings is 1. The fourth-order valence-electron chi connectivity index (χ4n) is 5.78. The molecule has 2 fully saturated rings. The van der Waals surface area contributed by atoms with Gasteiger partial charge in [-0.25, -0.2) is 24.4 Å². The van der Waals surface area contributed by atoms with Gasteiger partial charge in [-0.2, -0.15) is 4.68 Å². The Labute approximate surface area is 256 Å². The van der Waals surface area contributed by atoms with Crippen molar-refractivity contribution in [3.63, 3.8) is 0 Å². The minimum atomic E-state index is -0.672. The third kappa shape index (κ3) is 6.87. The number of nitrogens with zero attached hydrogens (tertiary/aromatic N) is 5. The van der Waals surface area contributed by atoms with E-state index in [0.717, 1.165) is 31.1 Å². The van der Waals surface area contributed by atoms with Crippen molar-refractivity contribution in [2.45, 2.75) is 103 Å². The van der Waals surface area contributed by atoms with Crippen molar-refractivity contribution in [1.29, 1.82) is 0 Å². The molecular formula is C31H41N7O6. The Balaban J connectivity index is 1.42. The van der Waals surface area contributed by atoms with Gasteiger partial charge >= 0.3 is 18.2 Å². The molecule has 0 unspecified atom stereocenters. The highest BCUT2D eigenvalue weighted by Gasteiger charge is 2.45. The molecule has 3 aromatic rings. The molecule has 0 aromatic carbocycles. The van der Waals surface area contributed by atoms with Gasteiger partial charge in [0.15, 0.2) is 5.82 Å². The molecule has 0 spiro atoms. The lowest BCUT2D eigenvalue weighted by Gasteiger charge is -2.39. The molecule has 2 aliphatic rings. The van der Waals surface area contributed by atoms with Crippen LogP contribution in [0.1, 0.15) is 83.4 Å². The van der Waals surface area contributed by atoms with E-state index in [2.05, 4.69) is 20.7 Å². The van der Waals surface area contributed by atoms with Gasteiger partial charge in [-0.3, -0.25) is 0 Å². The highest BCUT2D eigenvalue weighted by atomic mass is 16.6. The summed E-state index contributed by atoms with van der Waals surface area (Å²) in [7, 11) is 1.31. The lowest BCUT2D eigenvalue weighted by atomic mass is 9.97. The molecule has 2 saturated heterocycles. The number of pyridine rings is 2. The minimum absolute atomic E-state index is 0.0473. The molecule has 13 nitrogen and oxygen atoms in total. The van der Waals surface area contributed by atoms with Crippen LogP contribution < -0.4 is 10.6 Å². The maximum atomic E-state index is 13.0. The average molecular weight is 608 g/mol. The number of carbonyl (C=O) groups is 3. The third-order valence-electron chi connectivity index (χ3n) is 7.47. The number of amides is 1. The van der Waals surface area contributed by atoms with Gasteiger partial charge in [0, 0.05) is 41.3 Å². The fourth-order valence-corrected chi connectivity index (χ4v) is 5.78. The van der Waals surface area contributed by atoms with Gasteiger partial charge in [0.05, 0.1) is 12.6 Å². The number of rotatable bonds is 5. The van der Waals surface area contributed by atoms with Crippen molar-refractivity contribution in [2.75, 3.05) is 17.7 Å². The molecule has 0 radical (unpaired) electrons. The Morgan fingerprint density at radius 2 is 1.52 bits per heavy atom. The summed E-state index contributed by atoms with van der Waals surface area (Å²) in [5.41, 5.74) is 0.0373. The zero-order chi connectivity index (χ0) is 32.0. The number of aryl methyl sites for hydroxylation is 1. The highest BCUT2D eigenvalue weighted by Crippen LogP contribution is 2.38. The zero-order valence-electron chi connectivity index (χ0n) is 26.6. The molecule has 1 amide bonds. The maximum absolute atomic E-state index is 13.0. The second-order valence-electron chi connectivity index (χ2n) is 13.4. The number of hydrogen-bond acceptors (Lipinski definition) is 11. The van der Waals surface area contributed by atoms with Crippen LogP contribution in [-0.2, 0) is 14.2 Å². The largest absolute Gasteiger partial charge is 0.464 e. The Bertz CT molecular complexity index is 1570. The van der Waals surface area contributed by atoms with Gasteiger partial charge in [0.1, 0.15) is 28.5 Å². The van der Waals surface area contributed by atoms with Crippen LogP contribution in [0.5, 0.6) is 0 Å². The summed E-state index contributed by atoms with van der Waals surface area (Å²) in [6, 6.07) is 7.00. The number of hydrogen-bond donors (Lipinski definition) is 2. The van der Waals surface area contributed by atoms with E-state index < -0.39 is 23.3 Å².